The highest BCUT2D eigenvalue weighted by molar-refractivity contribution is 5.50. The van der Waals surface area contributed by atoms with E-state index in [1.165, 1.54) is 6.20 Å². The largest absolute Gasteiger partial charge is 0.391 e. The quantitative estimate of drug-likeness (QED) is 0.926. The van der Waals surface area contributed by atoms with E-state index in [9.17, 15) is 13.9 Å². The van der Waals surface area contributed by atoms with Crippen LogP contribution < -0.4 is 4.90 Å². The number of nitriles is 1. The van der Waals surface area contributed by atoms with Crippen molar-refractivity contribution in [3.8, 4) is 6.07 Å². The second-order valence-corrected chi connectivity index (χ2v) is 5.24. The van der Waals surface area contributed by atoms with Gasteiger partial charge in [-0.3, -0.25) is 0 Å². The molecule has 1 aromatic carbocycles. The van der Waals surface area contributed by atoms with E-state index in [1.54, 1.807) is 17.0 Å². The molecule has 0 aliphatic carbocycles. The molecule has 1 aliphatic heterocycles. The zero-order chi connectivity index (χ0) is 15.7. The van der Waals surface area contributed by atoms with E-state index in [-0.39, 0.29) is 11.3 Å². The molecule has 0 unspecified atom stereocenters. The van der Waals surface area contributed by atoms with Gasteiger partial charge >= 0.3 is 0 Å². The summed E-state index contributed by atoms with van der Waals surface area (Å²) in [4.78, 5) is 5.76. The van der Waals surface area contributed by atoms with Gasteiger partial charge in [-0.25, -0.2) is 13.8 Å². The molecule has 1 saturated heterocycles. The lowest BCUT2D eigenvalue weighted by atomic mass is 10.0. The van der Waals surface area contributed by atoms with Crippen molar-refractivity contribution in [2.75, 3.05) is 11.4 Å². The molecule has 6 heteroatoms. The molecule has 2 heterocycles. The lowest BCUT2D eigenvalue weighted by Gasteiger charge is -2.26. The lowest BCUT2D eigenvalue weighted by Crippen LogP contribution is -2.25. The summed E-state index contributed by atoms with van der Waals surface area (Å²) in [5.41, 5.74) is 1.14. The van der Waals surface area contributed by atoms with Gasteiger partial charge in [-0.1, -0.05) is 0 Å². The Kier molecular flexibility index (Phi) is 3.73. The molecule has 0 spiro atoms. The predicted molar refractivity (Wildman–Crippen MR) is 76.0 cm³/mol. The minimum Gasteiger partial charge on any atom is -0.391 e. The third-order valence-corrected chi connectivity index (χ3v) is 3.79. The Labute approximate surface area is 126 Å². The van der Waals surface area contributed by atoms with Crippen LogP contribution in [0, 0.1) is 23.0 Å². The first-order chi connectivity index (χ1) is 10.6. The van der Waals surface area contributed by atoms with Crippen molar-refractivity contribution in [2.24, 2.45) is 0 Å². The van der Waals surface area contributed by atoms with Crippen molar-refractivity contribution in [3.05, 3.63) is 59.4 Å². The van der Waals surface area contributed by atoms with E-state index < -0.39 is 23.8 Å². The number of halogens is 2. The first-order valence-electron chi connectivity index (χ1n) is 6.84. The van der Waals surface area contributed by atoms with Gasteiger partial charge in [-0.15, -0.1) is 0 Å². The highest BCUT2D eigenvalue weighted by atomic mass is 19.1. The second kappa shape index (κ2) is 5.70. The van der Waals surface area contributed by atoms with Crippen LogP contribution in [0.3, 0.4) is 0 Å². The number of anilines is 1. The van der Waals surface area contributed by atoms with Crippen LogP contribution in [-0.2, 0) is 0 Å². The summed E-state index contributed by atoms with van der Waals surface area (Å²) in [6.45, 7) is 0.300. The van der Waals surface area contributed by atoms with Crippen molar-refractivity contribution in [1.29, 1.82) is 5.26 Å². The van der Waals surface area contributed by atoms with Crippen LogP contribution in [0.1, 0.15) is 23.7 Å². The zero-order valence-electron chi connectivity index (χ0n) is 11.6. The Morgan fingerprint density at radius 3 is 2.77 bits per heavy atom. The van der Waals surface area contributed by atoms with Gasteiger partial charge in [-0.2, -0.15) is 5.26 Å². The molecular weight excluding hydrogens is 288 g/mol. The summed E-state index contributed by atoms with van der Waals surface area (Å²) in [6, 6.07) is 8.01. The zero-order valence-corrected chi connectivity index (χ0v) is 11.6. The van der Waals surface area contributed by atoms with Gasteiger partial charge in [0.05, 0.1) is 24.0 Å². The Balaban J connectivity index is 1.98. The molecule has 1 N–H and O–H groups in total. The molecule has 0 saturated carbocycles. The number of aliphatic hydroxyl groups is 1. The number of rotatable bonds is 2. The van der Waals surface area contributed by atoms with E-state index in [1.807, 2.05) is 6.07 Å². The Hall–Kier alpha value is -2.52. The van der Waals surface area contributed by atoms with Crippen molar-refractivity contribution in [2.45, 2.75) is 18.6 Å². The molecule has 4 nitrogen and oxygen atoms in total. The van der Waals surface area contributed by atoms with E-state index in [4.69, 9.17) is 5.26 Å². The van der Waals surface area contributed by atoms with Crippen LogP contribution in [0.5, 0.6) is 0 Å². The molecule has 22 heavy (non-hydrogen) atoms. The van der Waals surface area contributed by atoms with Crippen LogP contribution in [0.15, 0.2) is 36.5 Å². The number of benzene rings is 1. The number of aliphatic hydroxyl groups excluding tert-OH is 1. The summed E-state index contributed by atoms with van der Waals surface area (Å²) in [5, 5.41) is 18.7. The van der Waals surface area contributed by atoms with Crippen LogP contribution in [0.25, 0.3) is 0 Å². The van der Waals surface area contributed by atoms with Gasteiger partial charge in [-0.05, 0) is 36.8 Å². The smallest absolute Gasteiger partial charge is 0.140 e. The van der Waals surface area contributed by atoms with Crippen molar-refractivity contribution >= 4 is 5.69 Å². The first kappa shape index (κ1) is 14.4. The van der Waals surface area contributed by atoms with Gasteiger partial charge in [0, 0.05) is 12.1 Å². The molecule has 112 valence electrons. The summed E-state index contributed by atoms with van der Waals surface area (Å²) in [7, 11) is 0. The van der Waals surface area contributed by atoms with Crippen LogP contribution >= 0.6 is 0 Å². The third kappa shape index (κ3) is 2.63. The minimum absolute atomic E-state index is 0.209. The fourth-order valence-electron chi connectivity index (χ4n) is 2.79. The Bertz CT molecular complexity index is 727. The predicted octanol–water partition coefficient (Wildman–Crippen LogP) is 2.54. The Morgan fingerprint density at radius 2 is 2.09 bits per heavy atom. The number of β-amino-alcohol motifs (C(OH)–C–C–N with tert-alkyl or cyclic N) is 1. The number of hydrogen-bond acceptors (Lipinski definition) is 4. The first-order valence-corrected chi connectivity index (χ1v) is 6.84. The molecular formula is C16H13F2N3O. The minimum atomic E-state index is -0.636. The molecule has 0 amide bonds. The average Bonchev–Trinajstić information content (AvgIpc) is 2.91. The molecule has 2 aromatic rings. The molecule has 1 aliphatic rings. The number of nitrogens with zero attached hydrogens (tertiary/aromatic N) is 3. The SMILES string of the molecule is N#Cc1ccc(N2C[C@H](O)C[C@H]2c2cc(F)ccc2F)cn1. The maximum Gasteiger partial charge on any atom is 0.140 e. The van der Waals surface area contributed by atoms with Gasteiger partial charge in [0.2, 0.25) is 0 Å². The number of aromatic nitrogens is 1. The molecule has 3 rings (SSSR count). The second-order valence-electron chi connectivity index (χ2n) is 5.24. The Morgan fingerprint density at radius 1 is 1.27 bits per heavy atom. The summed E-state index contributed by atoms with van der Waals surface area (Å²) in [6.07, 6.45) is 1.17. The van der Waals surface area contributed by atoms with Gasteiger partial charge in [0.15, 0.2) is 0 Å². The third-order valence-electron chi connectivity index (χ3n) is 3.79. The number of hydrogen-bond donors (Lipinski definition) is 1. The maximum atomic E-state index is 14.0. The van der Waals surface area contributed by atoms with Crippen molar-refractivity contribution in [3.63, 3.8) is 0 Å². The van der Waals surface area contributed by atoms with Crippen LogP contribution in [-0.4, -0.2) is 22.7 Å². The fourth-order valence-corrected chi connectivity index (χ4v) is 2.79. The molecule has 0 bridgehead atoms. The van der Waals surface area contributed by atoms with E-state index in [0.717, 1.165) is 18.2 Å². The molecule has 1 aromatic heterocycles. The molecule has 1 fully saturated rings. The lowest BCUT2D eigenvalue weighted by molar-refractivity contribution is 0.194. The van der Waals surface area contributed by atoms with Crippen LogP contribution in [0.2, 0.25) is 0 Å². The number of pyridine rings is 1. The van der Waals surface area contributed by atoms with Gasteiger partial charge in [0.1, 0.15) is 23.4 Å². The van der Waals surface area contributed by atoms with E-state index >= 15 is 0 Å². The topological polar surface area (TPSA) is 60.2 Å². The van der Waals surface area contributed by atoms with Crippen molar-refractivity contribution < 1.29 is 13.9 Å². The molecule has 0 radical (unpaired) electrons. The normalized spacial score (nSPS) is 20.9. The summed E-state index contributed by atoms with van der Waals surface area (Å²) in [5.74, 6) is -1.03. The van der Waals surface area contributed by atoms with Crippen molar-refractivity contribution in [1.82, 2.24) is 4.98 Å². The highest BCUT2D eigenvalue weighted by Gasteiger charge is 2.34. The van der Waals surface area contributed by atoms with E-state index in [2.05, 4.69) is 4.98 Å². The fraction of sp³-hybridized carbons (Fsp3) is 0.250. The monoisotopic (exact) mass is 301 g/mol. The van der Waals surface area contributed by atoms with E-state index in [0.29, 0.717) is 18.7 Å². The summed E-state index contributed by atoms with van der Waals surface area (Å²) >= 11 is 0. The maximum absolute atomic E-state index is 14.0. The summed E-state index contributed by atoms with van der Waals surface area (Å²) < 4.78 is 27.5. The average molecular weight is 301 g/mol. The van der Waals surface area contributed by atoms with Gasteiger partial charge in [0.25, 0.3) is 0 Å². The molecule has 2 atom stereocenters. The van der Waals surface area contributed by atoms with Crippen LogP contribution in [0.4, 0.5) is 14.5 Å². The standard InChI is InChI=1S/C16H13F2N3O/c17-10-1-4-15(18)14(5-10)16-6-13(22)9-21(16)12-3-2-11(7-19)20-8-12/h1-5,8,13,16,22H,6,9H2/t13-,16+/m1/s1. The highest BCUT2D eigenvalue weighted by Crippen LogP contribution is 2.37. The van der Waals surface area contributed by atoms with Gasteiger partial charge < -0.3 is 10.0 Å².